The molecule has 6 nitrogen and oxygen atoms in total. The van der Waals surface area contributed by atoms with Crippen molar-refractivity contribution in [2.24, 2.45) is 0 Å². The van der Waals surface area contributed by atoms with Gasteiger partial charge in [0.25, 0.3) is 0 Å². The van der Waals surface area contributed by atoms with Crippen molar-refractivity contribution in [2.75, 3.05) is 0 Å². The van der Waals surface area contributed by atoms with Crippen LogP contribution < -0.4 is 0 Å². The molecule has 4 heterocycles. The summed E-state index contributed by atoms with van der Waals surface area (Å²) < 4.78 is 2.77. The topological polar surface area (TPSA) is 69.4 Å². The Morgan fingerprint density at radius 3 is 2.57 bits per heavy atom. The fourth-order valence-electron chi connectivity index (χ4n) is 3.39. The molecule has 146 valence electrons. The van der Waals surface area contributed by atoms with Gasteiger partial charge in [0.1, 0.15) is 11.4 Å². The van der Waals surface area contributed by atoms with Gasteiger partial charge in [-0.05, 0) is 58.7 Å². The minimum absolute atomic E-state index is 0.589. The Bertz CT molecular complexity index is 1350. The molecule has 0 fully saturated rings. The number of hydrogen-bond acceptors (Lipinski definition) is 5. The highest BCUT2D eigenvalue weighted by molar-refractivity contribution is 9.10. The average molecular weight is 457 g/mol. The fourth-order valence-corrected chi connectivity index (χ4v) is 3.71. The van der Waals surface area contributed by atoms with Crippen molar-refractivity contribution in [2.45, 2.75) is 13.5 Å². The monoisotopic (exact) mass is 456 g/mol. The van der Waals surface area contributed by atoms with E-state index in [1.54, 1.807) is 6.20 Å². The van der Waals surface area contributed by atoms with Crippen LogP contribution in [0.2, 0.25) is 0 Å². The quantitative estimate of drug-likeness (QED) is 0.377. The van der Waals surface area contributed by atoms with Gasteiger partial charge in [0, 0.05) is 16.4 Å². The van der Waals surface area contributed by atoms with E-state index in [-0.39, 0.29) is 0 Å². The Morgan fingerprint density at radius 2 is 1.73 bits per heavy atom. The normalized spacial score (nSPS) is 11.1. The van der Waals surface area contributed by atoms with Crippen LogP contribution >= 0.6 is 15.9 Å². The van der Waals surface area contributed by atoms with Crippen LogP contribution in [0.1, 0.15) is 11.3 Å². The molecule has 0 spiro atoms. The first-order valence-corrected chi connectivity index (χ1v) is 10.3. The first-order chi connectivity index (χ1) is 14.7. The Balaban J connectivity index is 1.70. The summed E-state index contributed by atoms with van der Waals surface area (Å²) in [6.45, 7) is 2.56. The van der Waals surface area contributed by atoms with Crippen molar-refractivity contribution in [3.63, 3.8) is 0 Å². The van der Waals surface area contributed by atoms with Crippen molar-refractivity contribution in [1.29, 1.82) is 0 Å². The van der Waals surface area contributed by atoms with E-state index < -0.39 is 0 Å². The number of nitrogens with zero attached hydrogens (tertiary/aromatic N) is 6. The van der Waals surface area contributed by atoms with Gasteiger partial charge in [0.2, 0.25) is 0 Å². The van der Waals surface area contributed by atoms with E-state index in [2.05, 4.69) is 48.3 Å². The molecular formula is C23H17BrN6. The second kappa shape index (κ2) is 7.76. The number of rotatable bonds is 4. The van der Waals surface area contributed by atoms with E-state index in [0.29, 0.717) is 12.2 Å². The molecule has 0 aliphatic carbocycles. The molecule has 0 radical (unpaired) electrons. The third-order valence-electron chi connectivity index (χ3n) is 4.79. The zero-order chi connectivity index (χ0) is 20.5. The van der Waals surface area contributed by atoms with Crippen LogP contribution in [0, 0.1) is 6.92 Å². The molecule has 0 aliphatic heterocycles. The van der Waals surface area contributed by atoms with E-state index >= 15 is 0 Å². The second-order valence-electron chi connectivity index (χ2n) is 6.98. The summed E-state index contributed by atoms with van der Waals surface area (Å²) in [5.74, 6) is 0. The van der Waals surface area contributed by atoms with E-state index in [9.17, 15) is 0 Å². The van der Waals surface area contributed by atoms with Gasteiger partial charge in [0.15, 0.2) is 0 Å². The van der Waals surface area contributed by atoms with Gasteiger partial charge in [0.05, 0.1) is 29.0 Å². The van der Waals surface area contributed by atoms with Crippen molar-refractivity contribution >= 4 is 27.0 Å². The molecule has 5 rings (SSSR count). The molecule has 0 aliphatic rings. The van der Waals surface area contributed by atoms with Gasteiger partial charge < -0.3 is 0 Å². The number of hydrogen-bond donors (Lipinski definition) is 0. The van der Waals surface area contributed by atoms with Gasteiger partial charge in [-0.1, -0.05) is 41.6 Å². The van der Waals surface area contributed by atoms with Crippen molar-refractivity contribution in [3.05, 3.63) is 88.7 Å². The standard InChI is InChI=1S/C23H17BrN6/c1-15-6-5-9-19(26-15)22-23(30(29-28-22)14-16-7-3-2-4-8-16)20-11-10-18-21(27-20)12-17(24)13-25-18/h2-13H,14H2,1H3. The Labute approximate surface area is 181 Å². The Morgan fingerprint density at radius 1 is 0.867 bits per heavy atom. The van der Waals surface area contributed by atoms with Crippen LogP contribution in [0.4, 0.5) is 0 Å². The van der Waals surface area contributed by atoms with Crippen LogP contribution in [-0.2, 0) is 6.54 Å². The molecule has 0 N–H and O–H groups in total. The SMILES string of the molecule is Cc1cccc(-c2nnn(Cc3ccccc3)c2-c2ccc3ncc(Br)cc3n2)n1. The molecule has 0 saturated heterocycles. The molecule has 0 saturated carbocycles. The minimum atomic E-state index is 0.589. The molecule has 7 heteroatoms. The van der Waals surface area contributed by atoms with Crippen LogP contribution in [0.25, 0.3) is 33.8 Å². The zero-order valence-corrected chi connectivity index (χ0v) is 17.8. The number of pyridine rings is 3. The molecule has 0 amide bonds. The van der Waals surface area contributed by atoms with Crippen LogP contribution in [0.15, 0.2) is 77.4 Å². The van der Waals surface area contributed by atoms with Crippen molar-refractivity contribution < 1.29 is 0 Å². The Kier molecular flexibility index (Phi) is 4.80. The van der Waals surface area contributed by atoms with E-state index in [1.807, 2.05) is 66.2 Å². The van der Waals surface area contributed by atoms with Gasteiger partial charge >= 0.3 is 0 Å². The van der Waals surface area contributed by atoms with Gasteiger partial charge in [-0.2, -0.15) is 0 Å². The highest BCUT2D eigenvalue weighted by Gasteiger charge is 2.20. The number of aromatic nitrogens is 6. The third-order valence-corrected chi connectivity index (χ3v) is 5.22. The van der Waals surface area contributed by atoms with Crippen molar-refractivity contribution in [3.8, 4) is 22.8 Å². The third kappa shape index (κ3) is 3.59. The molecule has 4 aromatic heterocycles. The number of aryl methyl sites for hydroxylation is 1. The maximum atomic E-state index is 4.87. The molecule has 0 atom stereocenters. The number of benzene rings is 1. The average Bonchev–Trinajstić information content (AvgIpc) is 3.17. The van der Waals surface area contributed by atoms with Crippen molar-refractivity contribution in [1.82, 2.24) is 29.9 Å². The van der Waals surface area contributed by atoms with Gasteiger partial charge in [-0.25, -0.2) is 9.67 Å². The lowest BCUT2D eigenvalue weighted by Crippen LogP contribution is -2.05. The second-order valence-corrected chi connectivity index (χ2v) is 7.90. The lowest BCUT2D eigenvalue weighted by Gasteiger charge is -2.09. The minimum Gasteiger partial charge on any atom is -0.253 e. The molecule has 5 aromatic rings. The van der Waals surface area contributed by atoms with Crippen LogP contribution in [0.3, 0.4) is 0 Å². The number of halogens is 1. The predicted molar refractivity (Wildman–Crippen MR) is 120 cm³/mol. The summed E-state index contributed by atoms with van der Waals surface area (Å²) in [4.78, 5) is 14.0. The first kappa shape index (κ1) is 18.6. The van der Waals surface area contributed by atoms with Gasteiger partial charge in [-0.15, -0.1) is 5.10 Å². The van der Waals surface area contributed by atoms with E-state index in [0.717, 1.165) is 43.8 Å². The highest BCUT2D eigenvalue weighted by Crippen LogP contribution is 2.30. The van der Waals surface area contributed by atoms with E-state index in [1.165, 1.54) is 0 Å². The molecular weight excluding hydrogens is 440 g/mol. The fraction of sp³-hybridized carbons (Fsp3) is 0.0870. The van der Waals surface area contributed by atoms with Gasteiger partial charge in [-0.3, -0.25) is 9.97 Å². The summed E-state index contributed by atoms with van der Waals surface area (Å²) >= 11 is 3.48. The summed E-state index contributed by atoms with van der Waals surface area (Å²) in [6, 6.07) is 22.0. The zero-order valence-electron chi connectivity index (χ0n) is 16.2. The summed E-state index contributed by atoms with van der Waals surface area (Å²) in [7, 11) is 0. The largest absolute Gasteiger partial charge is 0.253 e. The molecule has 30 heavy (non-hydrogen) atoms. The first-order valence-electron chi connectivity index (χ1n) is 9.51. The summed E-state index contributed by atoms with van der Waals surface area (Å²) in [5, 5.41) is 8.94. The number of fused-ring (bicyclic) bond motifs is 1. The lowest BCUT2D eigenvalue weighted by atomic mass is 10.1. The Hall–Kier alpha value is -3.45. The molecule has 0 bridgehead atoms. The predicted octanol–water partition coefficient (Wildman–Crippen LogP) is 5.07. The lowest BCUT2D eigenvalue weighted by molar-refractivity contribution is 0.655. The molecule has 1 aromatic carbocycles. The van der Waals surface area contributed by atoms with Crippen LogP contribution in [0.5, 0.6) is 0 Å². The van der Waals surface area contributed by atoms with E-state index in [4.69, 9.17) is 4.98 Å². The highest BCUT2D eigenvalue weighted by atomic mass is 79.9. The van der Waals surface area contributed by atoms with Crippen LogP contribution in [-0.4, -0.2) is 29.9 Å². The maximum Gasteiger partial charge on any atom is 0.141 e. The molecule has 0 unspecified atom stereocenters. The maximum absolute atomic E-state index is 4.87. The smallest absolute Gasteiger partial charge is 0.141 e. The summed E-state index contributed by atoms with van der Waals surface area (Å²) in [6.07, 6.45) is 1.77. The summed E-state index contributed by atoms with van der Waals surface area (Å²) in [5.41, 5.74) is 6.80.